The molecule has 0 unspecified atom stereocenters. The van der Waals surface area contributed by atoms with Gasteiger partial charge in [-0.25, -0.2) is 0 Å². The van der Waals surface area contributed by atoms with Crippen LogP contribution in [0.2, 0.25) is 0 Å². The van der Waals surface area contributed by atoms with Crippen molar-refractivity contribution in [2.24, 2.45) is 0 Å². The number of nitrogens with zero attached hydrogens (tertiary/aromatic N) is 1. The largest absolute Gasteiger partial charge is 0.361 e. The number of imide groups is 1. The summed E-state index contributed by atoms with van der Waals surface area (Å²) in [6, 6.07) is 15.5. The molecule has 2 N–H and O–H groups in total. The van der Waals surface area contributed by atoms with Crippen LogP contribution < -0.4 is 5.32 Å². The van der Waals surface area contributed by atoms with Crippen LogP contribution >= 0.6 is 15.9 Å². The number of aromatic amines is 1. The van der Waals surface area contributed by atoms with Gasteiger partial charge in [-0.2, -0.15) is 0 Å². The van der Waals surface area contributed by atoms with Gasteiger partial charge in [0, 0.05) is 33.3 Å². The first kappa shape index (κ1) is 15.2. The van der Waals surface area contributed by atoms with E-state index in [4.69, 9.17) is 0 Å². The summed E-state index contributed by atoms with van der Waals surface area (Å²) in [5.41, 5.74) is 3.21. The molecule has 3 heterocycles. The maximum absolute atomic E-state index is 12.6. The maximum atomic E-state index is 12.6. The summed E-state index contributed by atoms with van der Waals surface area (Å²) in [4.78, 5) is 28.4. The Morgan fingerprint density at radius 2 is 1.81 bits per heavy atom. The van der Waals surface area contributed by atoms with Crippen molar-refractivity contribution in [1.82, 2.24) is 14.9 Å². The number of H-pyrrole nitrogens is 1. The van der Waals surface area contributed by atoms with Gasteiger partial charge in [0.1, 0.15) is 5.70 Å². The lowest BCUT2D eigenvalue weighted by Crippen LogP contribution is -2.23. The zero-order valence-corrected chi connectivity index (χ0v) is 15.0. The smallest absolute Gasteiger partial charge is 0.275 e. The van der Waals surface area contributed by atoms with E-state index in [9.17, 15) is 9.59 Å². The van der Waals surface area contributed by atoms with E-state index in [0.29, 0.717) is 16.8 Å². The predicted molar refractivity (Wildman–Crippen MR) is 104 cm³/mol. The van der Waals surface area contributed by atoms with E-state index in [-0.39, 0.29) is 5.91 Å². The van der Waals surface area contributed by atoms with Crippen LogP contribution in [0.3, 0.4) is 0 Å². The lowest BCUT2D eigenvalue weighted by Gasteiger charge is -2.07. The van der Waals surface area contributed by atoms with Gasteiger partial charge in [0.25, 0.3) is 11.8 Å². The second kappa shape index (κ2) is 5.44. The lowest BCUT2D eigenvalue weighted by molar-refractivity contribution is -0.122. The quantitative estimate of drug-likeness (QED) is 0.496. The van der Waals surface area contributed by atoms with Crippen LogP contribution in [0.15, 0.2) is 65.4 Å². The van der Waals surface area contributed by atoms with Gasteiger partial charge in [-0.05, 0) is 35.7 Å². The van der Waals surface area contributed by atoms with E-state index in [1.807, 2.05) is 54.7 Å². The van der Waals surface area contributed by atoms with E-state index in [0.717, 1.165) is 26.3 Å². The maximum Gasteiger partial charge on any atom is 0.275 e. The third kappa shape index (κ3) is 2.09. The van der Waals surface area contributed by atoms with Crippen molar-refractivity contribution in [1.29, 1.82) is 0 Å². The normalized spacial score (nSPS) is 14.7. The molecule has 2 aromatic carbocycles. The molecular weight excluding hydrogens is 394 g/mol. The van der Waals surface area contributed by atoms with Crippen LogP contribution in [0.4, 0.5) is 0 Å². The minimum Gasteiger partial charge on any atom is -0.361 e. The molecule has 1 aliphatic heterocycles. The van der Waals surface area contributed by atoms with Crippen molar-refractivity contribution in [3.05, 3.63) is 71.0 Å². The van der Waals surface area contributed by atoms with Gasteiger partial charge in [-0.3, -0.25) is 14.9 Å². The SMILES string of the molecule is O=C1NC(=O)C(n2ccc3ccccc32)=C1c1c[nH]c2ccc(Br)cc12. The molecule has 0 fully saturated rings. The van der Waals surface area contributed by atoms with Gasteiger partial charge in [0.15, 0.2) is 0 Å². The van der Waals surface area contributed by atoms with Crippen molar-refractivity contribution >= 4 is 60.8 Å². The molecule has 1 aliphatic rings. The lowest BCUT2D eigenvalue weighted by atomic mass is 10.0. The Morgan fingerprint density at radius 1 is 0.962 bits per heavy atom. The molecule has 2 aromatic heterocycles. The minimum atomic E-state index is -0.393. The topological polar surface area (TPSA) is 66.9 Å². The molecule has 6 heteroatoms. The van der Waals surface area contributed by atoms with Gasteiger partial charge in [-0.15, -0.1) is 0 Å². The Balaban J connectivity index is 1.85. The number of amides is 2. The first-order valence-electron chi connectivity index (χ1n) is 8.07. The third-order valence-corrected chi connectivity index (χ3v) is 5.15. The number of carbonyl (C=O) groups is 2. The first-order valence-corrected chi connectivity index (χ1v) is 8.86. The fourth-order valence-electron chi connectivity index (χ4n) is 3.50. The molecule has 26 heavy (non-hydrogen) atoms. The minimum absolute atomic E-state index is 0.345. The highest BCUT2D eigenvalue weighted by atomic mass is 79.9. The number of hydrogen-bond donors (Lipinski definition) is 2. The summed E-state index contributed by atoms with van der Waals surface area (Å²) in [6.07, 6.45) is 3.60. The summed E-state index contributed by atoms with van der Waals surface area (Å²) >= 11 is 3.47. The molecular formula is C20H12BrN3O2. The number of carbonyl (C=O) groups excluding carboxylic acids is 2. The second-order valence-electron chi connectivity index (χ2n) is 6.14. The Morgan fingerprint density at radius 3 is 2.69 bits per heavy atom. The molecule has 5 rings (SSSR count). The molecule has 4 aromatic rings. The summed E-state index contributed by atoms with van der Waals surface area (Å²) in [6.45, 7) is 0. The average Bonchev–Trinajstić information content (AvgIpc) is 3.29. The second-order valence-corrected chi connectivity index (χ2v) is 7.06. The van der Waals surface area contributed by atoms with E-state index >= 15 is 0 Å². The molecule has 0 aliphatic carbocycles. The van der Waals surface area contributed by atoms with Crippen molar-refractivity contribution in [2.75, 3.05) is 0 Å². The molecule has 0 radical (unpaired) electrons. The van der Waals surface area contributed by atoms with Gasteiger partial charge < -0.3 is 9.55 Å². The van der Waals surface area contributed by atoms with Crippen LogP contribution in [0.1, 0.15) is 5.56 Å². The molecule has 0 spiro atoms. The fourth-order valence-corrected chi connectivity index (χ4v) is 3.86. The van der Waals surface area contributed by atoms with Crippen molar-refractivity contribution < 1.29 is 9.59 Å². The fraction of sp³-hybridized carbons (Fsp3) is 0. The van der Waals surface area contributed by atoms with E-state index in [1.54, 1.807) is 10.8 Å². The number of halogens is 1. The van der Waals surface area contributed by atoms with Crippen LogP contribution in [0, 0.1) is 0 Å². The van der Waals surface area contributed by atoms with Crippen LogP contribution in [0.25, 0.3) is 33.1 Å². The van der Waals surface area contributed by atoms with Gasteiger partial charge in [0.2, 0.25) is 0 Å². The Hall–Kier alpha value is -3.12. The molecule has 0 atom stereocenters. The number of hydrogen-bond acceptors (Lipinski definition) is 2. The summed E-state index contributed by atoms with van der Waals surface area (Å²) in [5.74, 6) is -0.778. The predicted octanol–water partition coefficient (Wildman–Crippen LogP) is 3.91. The molecule has 126 valence electrons. The highest BCUT2D eigenvalue weighted by molar-refractivity contribution is 9.10. The molecule has 0 saturated carbocycles. The summed E-state index contributed by atoms with van der Waals surface area (Å²) < 4.78 is 2.69. The summed E-state index contributed by atoms with van der Waals surface area (Å²) in [7, 11) is 0. The van der Waals surface area contributed by atoms with E-state index in [2.05, 4.69) is 26.2 Å². The molecule has 5 nitrogen and oxygen atoms in total. The Labute approximate surface area is 156 Å². The Bertz CT molecular complexity index is 1260. The molecule has 2 amide bonds. The van der Waals surface area contributed by atoms with Gasteiger partial charge in [0.05, 0.1) is 11.1 Å². The van der Waals surface area contributed by atoms with Crippen LogP contribution in [0.5, 0.6) is 0 Å². The number of benzene rings is 2. The van der Waals surface area contributed by atoms with Crippen LogP contribution in [-0.4, -0.2) is 21.4 Å². The molecule has 0 bridgehead atoms. The highest BCUT2D eigenvalue weighted by Crippen LogP contribution is 2.35. The number of aromatic nitrogens is 2. The van der Waals surface area contributed by atoms with Gasteiger partial charge in [-0.1, -0.05) is 34.1 Å². The van der Waals surface area contributed by atoms with Crippen molar-refractivity contribution in [2.45, 2.75) is 0 Å². The Kier molecular flexibility index (Phi) is 3.17. The number of para-hydroxylation sites is 1. The number of fused-ring (bicyclic) bond motifs is 2. The van der Waals surface area contributed by atoms with Crippen molar-refractivity contribution in [3.63, 3.8) is 0 Å². The zero-order chi connectivity index (χ0) is 17.8. The van der Waals surface area contributed by atoms with Crippen molar-refractivity contribution in [3.8, 4) is 0 Å². The standard InChI is InChI=1S/C20H12BrN3O2/c21-12-5-6-15-13(9-12)14(10-22-15)17-18(20(26)23-19(17)25)24-8-7-11-3-1-2-4-16(11)24/h1-10,22H,(H,23,25,26). The number of nitrogens with one attached hydrogen (secondary N) is 2. The highest BCUT2D eigenvalue weighted by Gasteiger charge is 2.34. The molecule has 0 saturated heterocycles. The monoisotopic (exact) mass is 405 g/mol. The zero-order valence-electron chi connectivity index (χ0n) is 13.4. The van der Waals surface area contributed by atoms with E-state index < -0.39 is 5.91 Å². The van der Waals surface area contributed by atoms with Crippen LogP contribution in [-0.2, 0) is 9.59 Å². The first-order chi connectivity index (χ1) is 12.6. The average molecular weight is 406 g/mol. The third-order valence-electron chi connectivity index (χ3n) is 4.66. The number of rotatable bonds is 2. The van der Waals surface area contributed by atoms with E-state index in [1.165, 1.54) is 0 Å². The van der Waals surface area contributed by atoms with Gasteiger partial charge >= 0.3 is 0 Å². The summed E-state index contributed by atoms with van der Waals surface area (Å²) in [5, 5.41) is 4.33.